The quantitative estimate of drug-likeness (QED) is 0.774. The molecular weight excluding hydrogens is 344 g/mol. The average Bonchev–Trinajstić information content (AvgIpc) is 3.22. The Morgan fingerprint density at radius 2 is 2.26 bits per heavy atom. The summed E-state index contributed by atoms with van der Waals surface area (Å²) in [5, 5.41) is 3.10. The predicted molar refractivity (Wildman–Crippen MR) is 97.1 cm³/mol. The number of hydrogen-bond donors (Lipinski definition) is 1. The van der Waals surface area contributed by atoms with E-state index in [-0.39, 0.29) is 41.4 Å². The summed E-state index contributed by atoms with van der Waals surface area (Å²) >= 11 is 0. The third-order valence-corrected chi connectivity index (χ3v) is 8.11. The summed E-state index contributed by atoms with van der Waals surface area (Å²) in [5.74, 6) is 0.581. The Hall–Kier alpha value is -2.34. The zero-order valence-corrected chi connectivity index (χ0v) is 15.2. The van der Waals surface area contributed by atoms with Crippen molar-refractivity contribution >= 4 is 17.7 Å². The standard InChI is InChI=1S/C21H22N2O4/c1-3-20-10-23(19(25)26-2)16-11-9-27-15(8-13(11)20)21(17(16)20)12-6-4-5-7-14(12)22-18(21)24/h3-7,11,13,15-17H,1,8-10H2,2H3,(H,22,24)/t11-,13+,15+,16+,17+,20-,21-/m0/s1. The van der Waals surface area contributed by atoms with Crippen LogP contribution >= 0.6 is 0 Å². The SMILES string of the molecule is C=C[C@]12CN(C(=O)OC)[C@@H]3[C@H]4CO[C@H](C[C@H]41)[C@]1(C(=O)Nc4ccccc41)[C@H]32. The van der Waals surface area contributed by atoms with E-state index in [1.54, 1.807) is 0 Å². The number of ether oxygens (including phenoxy) is 2. The molecule has 2 saturated carbocycles. The van der Waals surface area contributed by atoms with Crippen molar-refractivity contribution in [3.05, 3.63) is 42.5 Å². The highest BCUT2D eigenvalue weighted by atomic mass is 16.5. The van der Waals surface area contributed by atoms with Gasteiger partial charge in [-0.1, -0.05) is 24.3 Å². The van der Waals surface area contributed by atoms with Crippen LogP contribution in [0.25, 0.3) is 0 Å². The van der Waals surface area contributed by atoms with Crippen LogP contribution in [0.2, 0.25) is 0 Å². The van der Waals surface area contributed by atoms with Crippen LogP contribution in [0.3, 0.4) is 0 Å². The van der Waals surface area contributed by atoms with Gasteiger partial charge in [0.25, 0.3) is 0 Å². The molecule has 6 heteroatoms. The molecule has 3 aliphatic heterocycles. The number of hydrogen-bond acceptors (Lipinski definition) is 4. The summed E-state index contributed by atoms with van der Waals surface area (Å²) in [6.45, 7) is 5.34. The first-order valence-corrected chi connectivity index (χ1v) is 9.60. The van der Waals surface area contributed by atoms with Crippen molar-refractivity contribution in [1.29, 1.82) is 0 Å². The van der Waals surface area contributed by atoms with E-state index in [9.17, 15) is 9.59 Å². The van der Waals surface area contributed by atoms with E-state index in [0.29, 0.717) is 19.1 Å². The fraction of sp³-hybridized carbons (Fsp3) is 0.524. The van der Waals surface area contributed by atoms with Crippen molar-refractivity contribution in [3.63, 3.8) is 0 Å². The molecule has 0 radical (unpaired) electrons. The number of nitrogens with zero attached hydrogens (tertiary/aromatic N) is 1. The Morgan fingerprint density at radius 3 is 3.04 bits per heavy atom. The lowest BCUT2D eigenvalue weighted by atomic mass is 9.51. The van der Waals surface area contributed by atoms with Crippen LogP contribution in [-0.4, -0.2) is 49.3 Å². The monoisotopic (exact) mass is 366 g/mol. The van der Waals surface area contributed by atoms with E-state index >= 15 is 0 Å². The largest absolute Gasteiger partial charge is 0.453 e. The van der Waals surface area contributed by atoms with E-state index in [4.69, 9.17) is 9.47 Å². The first-order chi connectivity index (χ1) is 13.1. The van der Waals surface area contributed by atoms with Crippen molar-refractivity contribution in [2.24, 2.45) is 23.2 Å². The third-order valence-electron chi connectivity index (χ3n) is 8.11. The molecule has 4 fully saturated rings. The first-order valence-electron chi connectivity index (χ1n) is 9.60. The van der Waals surface area contributed by atoms with Crippen LogP contribution in [0, 0.1) is 23.2 Å². The Morgan fingerprint density at radius 1 is 1.44 bits per heavy atom. The zero-order valence-electron chi connectivity index (χ0n) is 15.2. The highest BCUT2D eigenvalue weighted by Crippen LogP contribution is 2.73. The van der Waals surface area contributed by atoms with Crippen LogP contribution in [0.1, 0.15) is 12.0 Å². The van der Waals surface area contributed by atoms with Gasteiger partial charge in [0.05, 0.1) is 19.8 Å². The number of para-hydroxylation sites is 1. The summed E-state index contributed by atoms with van der Waals surface area (Å²) in [5.41, 5.74) is 0.815. The Bertz CT molecular complexity index is 900. The fourth-order valence-corrected chi connectivity index (χ4v) is 7.38. The minimum atomic E-state index is -0.778. The van der Waals surface area contributed by atoms with Gasteiger partial charge in [-0.05, 0) is 24.0 Å². The normalized spacial score (nSPS) is 45.1. The molecule has 1 aromatic rings. The first kappa shape index (κ1) is 15.7. The van der Waals surface area contributed by atoms with Gasteiger partial charge in [-0.3, -0.25) is 4.79 Å². The minimum Gasteiger partial charge on any atom is -0.453 e. The Labute approximate surface area is 157 Å². The molecule has 6 nitrogen and oxygen atoms in total. The molecule has 0 aromatic heterocycles. The highest BCUT2D eigenvalue weighted by Gasteiger charge is 2.81. The molecule has 1 N–H and O–H groups in total. The molecule has 140 valence electrons. The van der Waals surface area contributed by atoms with Crippen molar-refractivity contribution in [3.8, 4) is 0 Å². The van der Waals surface area contributed by atoms with E-state index in [1.807, 2.05) is 35.2 Å². The number of methoxy groups -OCH3 is 1. The molecule has 7 atom stereocenters. The van der Waals surface area contributed by atoms with Crippen LogP contribution in [0.15, 0.2) is 36.9 Å². The number of benzene rings is 1. The number of likely N-dealkylation sites (tertiary alicyclic amines) is 1. The lowest BCUT2D eigenvalue weighted by Crippen LogP contribution is -2.62. The second-order valence-corrected chi connectivity index (χ2v) is 8.58. The van der Waals surface area contributed by atoms with Crippen molar-refractivity contribution in [1.82, 2.24) is 4.90 Å². The van der Waals surface area contributed by atoms with Crippen LogP contribution < -0.4 is 5.32 Å². The number of rotatable bonds is 1. The number of nitrogens with one attached hydrogen (secondary N) is 1. The number of fused-ring (bicyclic) bond motifs is 5. The molecular formula is C21H22N2O4. The summed E-state index contributed by atoms with van der Waals surface area (Å²) in [6.07, 6.45) is 2.37. The van der Waals surface area contributed by atoms with Crippen LogP contribution in [0.4, 0.5) is 10.5 Å². The number of carbonyl (C=O) groups is 2. The smallest absolute Gasteiger partial charge is 0.409 e. The summed E-state index contributed by atoms with van der Waals surface area (Å²) < 4.78 is 11.4. The van der Waals surface area contributed by atoms with E-state index in [0.717, 1.165) is 17.7 Å². The maximum Gasteiger partial charge on any atom is 0.409 e. The van der Waals surface area contributed by atoms with Gasteiger partial charge in [0.15, 0.2) is 0 Å². The van der Waals surface area contributed by atoms with Gasteiger partial charge in [0.2, 0.25) is 5.91 Å². The molecule has 1 spiro atoms. The lowest BCUT2D eigenvalue weighted by Gasteiger charge is -2.54. The molecule has 6 rings (SSSR count). The second-order valence-electron chi connectivity index (χ2n) is 8.58. The van der Waals surface area contributed by atoms with Gasteiger partial charge >= 0.3 is 6.09 Å². The molecule has 2 amide bonds. The molecule has 5 bridgehead atoms. The third kappa shape index (κ3) is 1.44. The number of carbonyl (C=O) groups excluding carboxylic acids is 2. The number of amides is 2. The zero-order chi connectivity index (χ0) is 18.6. The molecule has 3 heterocycles. The molecule has 5 aliphatic rings. The molecule has 0 unspecified atom stereocenters. The summed E-state index contributed by atoms with van der Waals surface area (Å²) in [7, 11) is 1.42. The van der Waals surface area contributed by atoms with Crippen molar-refractivity contribution in [2.75, 3.05) is 25.6 Å². The van der Waals surface area contributed by atoms with Crippen LogP contribution in [0.5, 0.6) is 0 Å². The molecule has 2 saturated heterocycles. The maximum absolute atomic E-state index is 13.5. The van der Waals surface area contributed by atoms with Crippen molar-refractivity contribution < 1.29 is 19.1 Å². The molecule has 1 aromatic carbocycles. The highest BCUT2D eigenvalue weighted by molar-refractivity contribution is 6.07. The molecule has 2 aliphatic carbocycles. The Kier molecular flexibility index (Phi) is 2.75. The topological polar surface area (TPSA) is 67.9 Å². The van der Waals surface area contributed by atoms with Gasteiger partial charge in [-0.2, -0.15) is 0 Å². The van der Waals surface area contributed by atoms with E-state index in [2.05, 4.69) is 11.9 Å². The summed E-state index contributed by atoms with van der Waals surface area (Å²) in [6, 6.07) is 7.85. The maximum atomic E-state index is 13.5. The fourth-order valence-electron chi connectivity index (χ4n) is 7.38. The summed E-state index contributed by atoms with van der Waals surface area (Å²) in [4.78, 5) is 28.0. The Balaban J connectivity index is 1.64. The van der Waals surface area contributed by atoms with Crippen molar-refractivity contribution in [2.45, 2.75) is 24.0 Å². The predicted octanol–water partition coefficient (Wildman–Crippen LogP) is 2.16. The number of anilines is 1. The van der Waals surface area contributed by atoms with Gasteiger partial charge in [0, 0.05) is 35.5 Å². The number of piperidine rings is 1. The van der Waals surface area contributed by atoms with E-state index < -0.39 is 5.41 Å². The average molecular weight is 366 g/mol. The van der Waals surface area contributed by atoms with Gasteiger partial charge in [-0.15, -0.1) is 6.58 Å². The van der Waals surface area contributed by atoms with Gasteiger partial charge in [0.1, 0.15) is 5.41 Å². The minimum absolute atomic E-state index is 0.00245. The second kappa shape index (κ2) is 4.73. The van der Waals surface area contributed by atoms with Gasteiger partial charge in [-0.25, -0.2) is 4.79 Å². The van der Waals surface area contributed by atoms with Gasteiger partial charge < -0.3 is 19.7 Å². The van der Waals surface area contributed by atoms with E-state index in [1.165, 1.54) is 7.11 Å². The van der Waals surface area contributed by atoms with Crippen LogP contribution in [-0.2, 0) is 19.7 Å². The molecule has 27 heavy (non-hydrogen) atoms. The lowest BCUT2D eigenvalue weighted by molar-refractivity contribution is -0.153.